The Hall–Kier alpha value is -1.14. The van der Waals surface area contributed by atoms with Crippen LogP contribution in [0.5, 0.6) is 0 Å². The average molecular weight is 297 g/mol. The Morgan fingerprint density at radius 3 is 2.50 bits per heavy atom. The number of pyridine rings is 1. The van der Waals surface area contributed by atoms with Crippen LogP contribution in [-0.2, 0) is 10.0 Å². The summed E-state index contributed by atoms with van der Waals surface area (Å²) in [4.78, 5) is 4.39. The SMILES string of the molecule is CCN(C1CCCCC1)S(=O)(=O)c1ccc(NC)nc1. The largest absolute Gasteiger partial charge is 0.373 e. The Labute approximate surface area is 121 Å². The molecule has 1 aliphatic carbocycles. The van der Waals surface area contributed by atoms with E-state index in [-0.39, 0.29) is 10.9 Å². The van der Waals surface area contributed by atoms with Gasteiger partial charge in [-0.1, -0.05) is 26.2 Å². The van der Waals surface area contributed by atoms with Crippen molar-refractivity contribution in [2.45, 2.75) is 50.0 Å². The first-order valence-corrected chi connectivity index (χ1v) is 8.69. The van der Waals surface area contributed by atoms with E-state index in [1.807, 2.05) is 6.92 Å². The van der Waals surface area contributed by atoms with E-state index in [0.717, 1.165) is 25.7 Å². The average Bonchev–Trinajstić information content (AvgIpc) is 2.49. The summed E-state index contributed by atoms with van der Waals surface area (Å²) in [6, 6.07) is 3.46. The lowest BCUT2D eigenvalue weighted by Gasteiger charge is -2.32. The standard InChI is InChI=1S/C14H23N3O2S/c1-3-17(12-7-5-4-6-8-12)20(18,19)13-9-10-14(15-2)16-11-13/h9-12H,3-8H2,1-2H3,(H,15,16). The molecule has 5 nitrogen and oxygen atoms in total. The Morgan fingerprint density at radius 2 is 2.00 bits per heavy atom. The van der Waals surface area contributed by atoms with Crippen LogP contribution in [0.25, 0.3) is 0 Å². The van der Waals surface area contributed by atoms with Crippen LogP contribution < -0.4 is 5.32 Å². The molecule has 1 aliphatic rings. The Balaban J connectivity index is 2.25. The monoisotopic (exact) mass is 297 g/mol. The van der Waals surface area contributed by atoms with Gasteiger partial charge in [0.25, 0.3) is 0 Å². The van der Waals surface area contributed by atoms with E-state index in [9.17, 15) is 8.42 Å². The summed E-state index contributed by atoms with van der Waals surface area (Å²) in [6.07, 6.45) is 6.82. The van der Waals surface area contributed by atoms with Crippen molar-refractivity contribution in [1.82, 2.24) is 9.29 Å². The predicted molar refractivity (Wildman–Crippen MR) is 80.2 cm³/mol. The molecule has 0 aliphatic heterocycles. The van der Waals surface area contributed by atoms with Gasteiger partial charge in [0.2, 0.25) is 10.0 Å². The molecule has 1 saturated carbocycles. The normalized spacial score (nSPS) is 17.4. The molecule has 20 heavy (non-hydrogen) atoms. The molecule has 1 heterocycles. The van der Waals surface area contributed by atoms with Crippen molar-refractivity contribution in [1.29, 1.82) is 0 Å². The summed E-state index contributed by atoms with van der Waals surface area (Å²) in [5.74, 6) is 0.671. The highest BCUT2D eigenvalue weighted by Crippen LogP contribution is 2.27. The molecule has 1 aromatic heterocycles. The van der Waals surface area contributed by atoms with Crippen LogP contribution >= 0.6 is 0 Å². The van der Waals surface area contributed by atoms with Crippen molar-refractivity contribution in [3.63, 3.8) is 0 Å². The third-order valence-corrected chi connectivity index (χ3v) is 5.90. The highest BCUT2D eigenvalue weighted by atomic mass is 32.2. The highest BCUT2D eigenvalue weighted by Gasteiger charge is 2.31. The molecule has 0 amide bonds. The molecule has 112 valence electrons. The topological polar surface area (TPSA) is 62.3 Å². The van der Waals surface area contributed by atoms with Crippen molar-refractivity contribution in [2.24, 2.45) is 0 Å². The maximum Gasteiger partial charge on any atom is 0.244 e. The molecular formula is C14H23N3O2S. The predicted octanol–water partition coefficient (Wildman–Crippen LogP) is 2.47. The van der Waals surface area contributed by atoms with Crippen molar-refractivity contribution in [3.05, 3.63) is 18.3 Å². The zero-order chi connectivity index (χ0) is 14.6. The van der Waals surface area contributed by atoms with E-state index >= 15 is 0 Å². The molecule has 0 bridgehead atoms. The molecule has 2 rings (SSSR count). The smallest absolute Gasteiger partial charge is 0.244 e. The van der Waals surface area contributed by atoms with Gasteiger partial charge in [-0.15, -0.1) is 0 Å². The first-order valence-electron chi connectivity index (χ1n) is 7.25. The Morgan fingerprint density at radius 1 is 1.30 bits per heavy atom. The molecule has 1 aromatic rings. The summed E-state index contributed by atoms with van der Waals surface area (Å²) < 4.78 is 27.1. The minimum Gasteiger partial charge on any atom is -0.373 e. The Kier molecular flexibility index (Phi) is 4.99. The summed E-state index contributed by atoms with van der Waals surface area (Å²) in [5, 5.41) is 2.89. The fraction of sp³-hybridized carbons (Fsp3) is 0.643. The quantitative estimate of drug-likeness (QED) is 0.907. The number of rotatable bonds is 5. The van der Waals surface area contributed by atoms with Gasteiger partial charge in [-0.3, -0.25) is 0 Å². The van der Waals surface area contributed by atoms with E-state index in [1.54, 1.807) is 23.5 Å². The molecule has 0 radical (unpaired) electrons. The number of hydrogen-bond acceptors (Lipinski definition) is 4. The van der Waals surface area contributed by atoms with E-state index in [0.29, 0.717) is 12.4 Å². The summed E-state index contributed by atoms with van der Waals surface area (Å²) in [5.41, 5.74) is 0. The first kappa shape index (κ1) is 15.3. The van der Waals surface area contributed by atoms with Gasteiger partial charge in [0, 0.05) is 25.8 Å². The fourth-order valence-electron chi connectivity index (χ4n) is 2.81. The van der Waals surface area contributed by atoms with Gasteiger partial charge in [0.05, 0.1) is 0 Å². The lowest BCUT2D eigenvalue weighted by atomic mass is 9.95. The maximum atomic E-state index is 12.7. The van der Waals surface area contributed by atoms with Crippen LogP contribution in [0.4, 0.5) is 5.82 Å². The van der Waals surface area contributed by atoms with Crippen LogP contribution in [0.15, 0.2) is 23.2 Å². The maximum absolute atomic E-state index is 12.7. The van der Waals surface area contributed by atoms with E-state index in [1.165, 1.54) is 12.6 Å². The second-order valence-corrected chi connectivity index (χ2v) is 7.02. The molecule has 0 unspecified atom stereocenters. The van der Waals surface area contributed by atoms with Crippen molar-refractivity contribution in [2.75, 3.05) is 18.9 Å². The Bertz CT molecular complexity index is 522. The lowest BCUT2D eigenvalue weighted by molar-refractivity contribution is 0.261. The number of nitrogens with one attached hydrogen (secondary N) is 1. The first-order chi connectivity index (χ1) is 9.59. The molecule has 6 heteroatoms. The van der Waals surface area contributed by atoms with E-state index < -0.39 is 10.0 Å². The van der Waals surface area contributed by atoms with Gasteiger partial charge in [-0.25, -0.2) is 13.4 Å². The van der Waals surface area contributed by atoms with Crippen LogP contribution in [-0.4, -0.2) is 37.3 Å². The molecule has 0 saturated heterocycles. The van der Waals surface area contributed by atoms with E-state index in [2.05, 4.69) is 10.3 Å². The van der Waals surface area contributed by atoms with Crippen molar-refractivity contribution < 1.29 is 8.42 Å². The van der Waals surface area contributed by atoms with Crippen molar-refractivity contribution in [3.8, 4) is 0 Å². The molecule has 0 atom stereocenters. The van der Waals surface area contributed by atoms with Gasteiger partial charge in [0.15, 0.2) is 0 Å². The summed E-state index contributed by atoms with van der Waals surface area (Å²) in [7, 11) is -1.67. The van der Waals surface area contributed by atoms with Gasteiger partial charge < -0.3 is 5.32 Å². The number of aromatic nitrogens is 1. The number of sulfonamides is 1. The second-order valence-electron chi connectivity index (χ2n) is 5.13. The summed E-state index contributed by atoms with van der Waals surface area (Å²) in [6.45, 7) is 2.42. The lowest BCUT2D eigenvalue weighted by Crippen LogP contribution is -2.41. The summed E-state index contributed by atoms with van der Waals surface area (Å²) >= 11 is 0. The molecule has 0 aromatic carbocycles. The van der Waals surface area contributed by atoms with Crippen LogP contribution in [0, 0.1) is 0 Å². The number of hydrogen-bond donors (Lipinski definition) is 1. The zero-order valence-corrected chi connectivity index (χ0v) is 13.0. The third-order valence-electron chi connectivity index (χ3n) is 3.89. The number of nitrogens with zero attached hydrogens (tertiary/aromatic N) is 2. The number of anilines is 1. The minimum absolute atomic E-state index is 0.141. The molecular weight excluding hydrogens is 274 g/mol. The van der Waals surface area contributed by atoms with Gasteiger partial charge in [-0.05, 0) is 25.0 Å². The zero-order valence-electron chi connectivity index (χ0n) is 12.2. The minimum atomic E-state index is -3.43. The van der Waals surface area contributed by atoms with Crippen LogP contribution in [0.1, 0.15) is 39.0 Å². The third kappa shape index (κ3) is 3.12. The molecule has 0 spiro atoms. The highest BCUT2D eigenvalue weighted by molar-refractivity contribution is 7.89. The van der Waals surface area contributed by atoms with Gasteiger partial charge in [0.1, 0.15) is 10.7 Å². The van der Waals surface area contributed by atoms with Gasteiger partial charge in [-0.2, -0.15) is 4.31 Å². The molecule has 1 N–H and O–H groups in total. The van der Waals surface area contributed by atoms with Crippen molar-refractivity contribution >= 4 is 15.8 Å². The fourth-order valence-corrected chi connectivity index (χ4v) is 4.45. The van der Waals surface area contributed by atoms with Crippen LogP contribution in [0.2, 0.25) is 0 Å². The van der Waals surface area contributed by atoms with Gasteiger partial charge >= 0.3 is 0 Å². The van der Waals surface area contributed by atoms with Crippen LogP contribution in [0.3, 0.4) is 0 Å². The molecule has 1 fully saturated rings. The second kappa shape index (κ2) is 6.54. The van der Waals surface area contributed by atoms with E-state index in [4.69, 9.17) is 0 Å².